The van der Waals surface area contributed by atoms with Gasteiger partial charge in [-0.3, -0.25) is 0 Å². The number of rotatable bonds is 4. The van der Waals surface area contributed by atoms with Gasteiger partial charge in [-0.05, 0) is 56.4 Å². The molecule has 0 spiro atoms. The van der Waals surface area contributed by atoms with Crippen molar-refractivity contribution in [2.45, 2.75) is 119 Å². The Kier molecular flexibility index (Phi) is 7.22. The molecule has 0 aromatic carbocycles. The fraction of sp³-hybridized carbons (Fsp3) is 0.897. The van der Waals surface area contributed by atoms with E-state index in [0.717, 1.165) is 5.57 Å². The molecule has 0 amide bonds. The second kappa shape index (κ2) is 9.91. The Morgan fingerprint density at radius 2 is 1.76 bits per heavy atom. The quantitative estimate of drug-likeness (QED) is 0.140. The molecule has 15 atom stereocenters. The Bertz CT molecular complexity index is 1080. The van der Waals surface area contributed by atoms with Gasteiger partial charge in [0.05, 0.1) is 47.6 Å². The molecule has 0 aromatic heterocycles. The number of carbonyl (C=O) groups excluding carboxylic acids is 1. The minimum atomic E-state index is -1.67. The number of carbonyl (C=O) groups is 1. The van der Waals surface area contributed by atoms with Crippen LogP contribution in [0.1, 0.15) is 58.8 Å². The molecule has 4 aliphatic carbocycles. The first kappa shape index (κ1) is 29.9. The van der Waals surface area contributed by atoms with E-state index in [2.05, 4.69) is 0 Å². The molecule has 6 rings (SSSR count). The largest absolute Gasteiger partial charge is 0.458 e. The lowest BCUT2D eigenvalue weighted by Gasteiger charge is -2.68. The van der Waals surface area contributed by atoms with E-state index in [1.54, 1.807) is 0 Å². The third-order valence-electron chi connectivity index (χ3n) is 12.2. The van der Waals surface area contributed by atoms with E-state index in [4.69, 9.17) is 14.2 Å². The van der Waals surface area contributed by atoms with Gasteiger partial charge < -0.3 is 55.1 Å². The van der Waals surface area contributed by atoms with Crippen molar-refractivity contribution < 1.29 is 59.9 Å². The minimum Gasteiger partial charge on any atom is -0.458 e. The SMILES string of the molecule is C[C@@H]1O[C@@H](O[C@H]2C[C@@H](O)[C@]3(CO)C4C(O)C[C@]5(C)[C@@H](C6=CC(=O)OC6)CC[C@]5(O)C4CC[C@]3(O)C2)[C@H](O)[C@H](O)[C@H]1O. The highest BCUT2D eigenvalue weighted by atomic mass is 16.7. The maximum Gasteiger partial charge on any atom is 0.331 e. The summed E-state index contributed by atoms with van der Waals surface area (Å²) in [7, 11) is 0. The zero-order valence-electron chi connectivity index (χ0n) is 23.5. The normalized spacial score (nSPS) is 56.9. The van der Waals surface area contributed by atoms with E-state index in [1.807, 2.05) is 6.92 Å². The highest BCUT2D eigenvalue weighted by molar-refractivity contribution is 5.85. The van der Waals surface area contributed by atoms with Gasteiger partial charge in [-0.1, -0.05) is 6.92 Å². The number of aliphatic hydroxyl groups is 8. The maximum absolute atomic E-state index is 12.4. The molecule has 8 N–H and O–H groups in total. The van der Waals surface area contributed by atoms with Gasteiger partial charge in [-0.15, -0.1) is 0 Å². The fourth-order valence-electron chi connectivity index (χ4n) is 10.1. The molecule has 0 aromatic rings. The molecular weight excluding hydrogens is 540 g/mol. The lowest BCUT2D eigenvalue weighted by atomic mass is 9.40. The number of hydrogen-bond acceptors (Lipinski definition) is 12. The van der Waals surface area contributed by atoms with Crippen molar-refractivity contribution in [3.05, 3.63) is 11.6 Å². The predicted octanol–water partition coefficient (Wildman–Crippen LogP) is -1.51. The summed E-state index contributed by atoms with van der Waals surface area (Å²) < 4.78 is 16.7. The van der Waals surface area contributed by atoms with E-state index in [1.165, 1.54) is 13.0 Å². The topological polar surface area (TPSA) is 207 Å². The molecule has 5 fully saturated rings. The summed E-state index contributed by atoms with van der Waals surface area (Å²) in [4.78, 5) is 11.8. The second-order valence-electron chi connectivity index (χ2n) is 13.8. The third kappa shape index (κ3) is 3.99. The first-order valence-corrected chi connectivity index (χ1v) is 14.9. The van der Waals surface area contributed by atoms with Gasteiger partial charge in [-0.2, -0.15) is 0 Å². The highest BCUT2D eigenvalue weighted by Gasteiger charge is 2.75. The number of hydrogen-bond donors (Lipinski definition) is 8. The first-order valence-electron chi connectivity index (χ1n) is 14.9. The molecule has 6 aliphatic rings. The molecule has 12 nitrogen and oxygen atoms in total. The van der Waals surface area contributed by atoms with E-state index in [-0.39, 0.29) is 38.2 Å². The number of fused-ring (bicyclic) bond motifs is 5. The van der Waals surface area contributed by atoms with Gasteiger partial charge in [0.25, 0.3) is 0 Å². The Hall–Kier alpha value is -1.19. The van der Waals surface area contributed by atoms with Crippen LogP contribution in [-0.4, -0.2) is 120 Å². The molecule has 41 heavy (non-hydrogen) atoms. The van der Waals surface area contributed by atoms with Crippen LogP contribution in [-0.2, 0) is 19.0 Å². The fourth-order valence-corrected chi connectivity index (χ4v) is 10.1. The smallest absolute Gasteiger partial charge is 0.331 e. The van der Waals surface area contributed by atoms with Gasteiger partial charge >= 0.3 is 5.97 Å². The molecule has 4 saturated carbocycles. The van der Waals surface area contributed by atoms with Crippen molar-refractivity contribution in [1.82, 2.24) is 0 Å². The summed E-state index contributed by atoms with van der Waals surface area (Å²) in [6, 6.07) is 0. The van der Waals surface area contributed by atoms with Crippen LogP contribution in [0, 0.1) is 28.6 Å². The molecule has 3 unspecified atom stereocenters. The summed E-state index contributed by atoms with van der Waals surface area (Å²) in [5.41, 5.74) is -4.46. The van der Waals surface area contributed by atoms with Crippen molar-refractivity contribution in [3.63, 3.8) is 0 Å². The van der Waals surface area contributed by atoms with Crippen LogP contribution in [0.25, 0.3) is 0 Å². The summed E-state index contributed by atoms with van der Waals surface area (Å²) in [5.74, 6) is -1.93. The summed E-state index contributed by atoms with van der Waals surface area (Å²) >= 11 is 0. The minimum absolute atomic E-state index is 0.0369. The van der Waals surface area contributed by atoms with Crippen LogP contribution in [0.4, 0.5) is 0 Å². The molecule has 2 aliphatic heterocycles. The number of cyclic esters (lactones) is 1. The van der Waals surface area contributed by atoms with Crippen LogP contribution in [0.3, 0.4) is 0 Å². The number of esters is 1. The average molecular weight is 585 g/mol. The van der Waals surface area contributed by atoms with Gasteiger partial charge in [0.15, 0.2) is 6.29 Å². The monoisotopic (exact) mass is 584 g/mol. The van der Waals surface area contributed by atoms with Crippen LogP contribution < -0.4 is 0 Å². The van der Waals surface area contributed by atoms with E-state index in [9.17, 15) is 45.6 Å². The molecular formula is C29H44O12. The second-order valence-corrected chi connectivity index (χ2v) is 13.8. The summed E-state index contributed by atoms with van der Waals surface area (Å²) in [6.07, 6.45) is -6.68. The zero-order chi connectivity index (χ0) is 29.7. The Balaban J connectivity index is 1.28. The number of aliphatic hydroxyl groups excluding tert-OH is 6. The summed E-state index contributed by atoms with van der Waals surface area (Å²) in [6.45, 7) is 3.00. The molecule has 12 heteroatoms. The predicted molar refractivity (Wildman–Crippen MR) is 139 cm³/mol. The Labute approximate surface area is 238 Å². The molecule has 0 radical (unpaired) electrons. The molecule has 0 bridgehead atoms. The molecule has 232 valence electrons. The van der Waals surface area contributed by atoms with E-state index in [0.29, 0.717) is 19.3 Å². The lowest BCUT2D eigenvalue weighted by Crippen LogP contribution is -2.76. The van der Waals surface area contributed by atoms with Gasteiger partial charge in [0.2, 0.25) is 0 Å². The Morgan fingerprint density at radius 3 is 2.41 bits per heavy atom. The van der Waals surface area contributed by atoms with Gasteiger partial charge in [0, 0.05) is 30.3 Å². The molecule has 1 saturated heterocycles. The van der Waals surface area contributed by atoms with E-state index >= 15 is 0 Å². The van der Waals surface area contributed by atoms with Crippen LogP contribution in [0.5, 0.6) is 0 Å². The molecule has 2 heterocycles. The van der Waals surface area contributed by atoms with Gasteiger partial charge in [0.1, 0.15) is 24.9 Å². The first-order chi connectivity index (χ1) is 19.2. The number of ether oxygens (including phenoxy) is 3. The third-order valence-corrected chi connectivity index (χ3v) is 12.2. The standard InChI is InChI=1S/C29H44O12/c1-13-22(34)23(35)24(36)25(40-13)41-15-8-19(32)28(12-30)21-17(3-5-27(28,37)9-15)29(38)6-4-16(14-7-20(33)39-11-14)26(29,2)10-18(21)31/h7,13,15-19,21-25,30-32,34-38H,3-6,8-12H2,1-2H3/t13-,15-,16+,17?,18?,19+,21?,22-,23+,24+,25-,26+,27-,28+,29-/m0/s1. The van der Waals surface area contributed by atoms with Crippen molar-refractivity contribution in [1.29, 1.82) is 0 Å². The van der Waals surface area contributed by atoms with Crippen molar-refractivity contribution in [3.8, 4) is 0 Å². The van der Waals surface area contributed by atoms with E-state index < -0.39 is 95.5 Å². The van der Waals surface area contributed by atoms with Crippen molar-refractivity contribution >= 4 is 5.97 Å². The zero-order valence-corrected chi connectivity index (χ0v) is 23.5. The van der Waals surface area contributed by atoms with Crippen LogP contribution >= 0.6 is 0 Å². The Morgan fingerprint density at radius 1 is 1.02 bits per heavy atom. The van der Waals surface area contributed by atoms with Crippen LogP contribution in [0.15, 0.2) is 11.6 Å². The van der Waals surface area contributed by atoms with Crippen molar-refractivity contribution in [2.75, 3.05) is 13.2 Å². The van der Waals surface area contributed by atoms with Gasteiger partial charge in [-0.25, -0.2) is 4.79 Å². The van der Waals surface area contributed by atoms with Crippen molar-refractivity contribution in [2.24, 2.45) is 28.6 Å². The summed E-state index contributed by atoms with van der Waals surface area (Å²) in [5, 5.41) is 89.6. The lowest BCUT2D eigenvalue weighted by molar-refractivity contribution is -0.342. The highest BCUT2D eigenvalue weighted by Crippen LogP contribution is 2.70. The average Bonchev–Trinajstić information content (AvgIpc) is 3.45. The maximum atomic E-state index is 12.4. The van der Waals surface area contributed by atoms with Crippen LogP contribution in [0.2, 0.25) is 0 Å².